The number of para-hydroxylation sites is 1. The van der Waals surface area contributed by atoms with Crippen LogP contribution in [0.2, 0.25) is 0 Å². The van der Waals surface area contributed by atoms with Crippen LogP contribution in [-0.2, 0) is 4.79 Å². The Morgan fingerprint density at radius 2 is 2.10 bits per heavy atom. The Hall–Kier alpha value is -1.86. The molecule has 0 aromatic heterocycles. The van der Waals surface area contributed by atoms with Crippen molar-refractivity contribution in [3.63, 3.8) is 0 Å². The highest BCUT2D eigenvalue weighted by molar-refractivity contribution is 5.97. The van der Waals surface area contributed by atoms with E-state index in [2.05, 4.69) is 11.4 Å². The van der Waals surface area contributed by atoms with E-state index >= 15 is 0 Å². The maximum atomic E-state index is 12.7. The first-order valence-corrected chi connectivity index (χ1v) is 7.29. The number of hydrogen-bond acceptors (Lipinski definition) is 3. The van der Waals surface area contributed by atoms with Gasteiger partial charge in [-0.05, 0) is 31.5 Å². The van der Waals surface area contributed by atoms with Crippen LogP contribution in [0, 0.1) is 11.3 Å². The second-order valence-electron chi connectivity index (χ2n) is 5.09. The molecule has 1 aromatic rings. The van der Waals surface area contributed by atoms with Crippen LogP contribution in [0.25, 0.3) is 0 Å². The summed E-state index contributed by atoms with van der Waals surface area (Å²) in [6, 6.07) is 11.6. The number of nitriles is 1. The fourth-order valence-corrected chi connectivity index (χ4v) is 2.56. The highest BCUT2D eigenvalue weighted by atomic mass is 16.2. The molecule has 20 heavy (non-hydrogen) atoms. The standard InChI is InChI=1S/C16H21N3O/c17-11-7-13-19(14-8-3-1-4-9-14)16(20)15-10-5-2-6-12-18-15/h1,3-4,8-9,15,18H,2,5-7,10,12-13H2. The molecule has 1 amide bonds. The van der Waals surface area contributed by atoms with Gasteiger partial charge in [0.15, 0.2) is 0 Å². The van der Waals surface area contributed by atoms with E-state index in [0.717, 1.165) is 31.5 Å². The number of nitrogens with one attached hydrogen (secondary N) is 1. The van der Waals surface area contributed by atoms with Gasteiger partial charge in [0.2, 0.25) is 5.91 Å². The van der Waals surface area contributed by atoms with Crippen LogP contribution in [-0.4, -0.2) is 25.0 Å². The maximum absolute atomic E-state index is 12.7. The molecule has 1 heterocycles. The van der Waals surface area contributed by atoms with Crippen molar-refractivity contribution < 1.29 is 4.79 Å². The Bertz CT molecular complexity index is 458. The number of anilines is 1. The molecule has 2 rings (SSSR count). The topological polar surface area (TPSA) is 56.1 Å². The monoisotopic (exact) mass is 271 g/mol. The summed E-state index contributed by atoms with van der Waals surface area (Å²) < 4.78 is 0. The first-order valence-electron chi connectivity index (χ1n) is 7.29. The summed E-state index contributed by atoms with van der Waals surface area (Å²) in [5, 5.41) is 12.1. The fraction of sp³-hybridized carbons (Fsp3) is 0.500. The van der Waals surface area contributed by atoms with Crippen molar-refractivity contribution in [1.29, 1.82) is 5.26 Å². The zero-order valence-corrected chi connectivity index (χ0v) is 11.7. The van der Waals surface area contributed by atoms with E-state index in [1.54, 1.807) is 4.90 Å². The van der Waals surface area contributed by atoms with Gasteiger partial charge < -0.3 is 10.2 Å². The lowest BCUT2D eigenvalue weighted by molar-refractivity contribution is -0.120. The molecular weight excluding hydrogens is 250 g/mol. The molecular formula is C16H21N3O. The lowest BCUT2D eigenvalue weighted by atomic mass is 10.1. The van der Waals surface area contributed by atoms with Crippen molar-refractivity contribution in [2.45, 2.75) is 38.1 Å². The van der Waals surface area contributed by atoms with Gasteiger partial charge in [-0.2, -0.15) is 5.26 Å². The minimum absolute atomic E-state index is 0.0911. The highest BCUT2D eigenvalue weighted by Gasteiger charge is 2.25. The largest absolute Gasteiger partial charge is 0.310 e. The van der Waals surface area contributed by atoms with E-state index in [1.165, 1.54) is 6.42 Å². The van der Waals surface area contributed by atoms with Gasteiger partial charge in [-0.1, -0.05) is 31.0 Å². The maximum Gasteiger partial charge on any atom is 0.244 e. The van der Waals surface area contributed by atoms with Gasteiger partial charge in [0, 0.05) is 12.2 Å². The molecule has 0 aliphatic carbocycles. The molecule has 0 spiro atoms. The molecule has 1 aliphatic heterocycles. The van der Waals surface area contributed by atoms with E-state index in [0.29, 0.717) is 13.0 Å². The van der Waals surface area contributed by atoms with Crippen LogP contribution in [0.4, 0.5) is 5.69 Å². The van der Waals surface area contributed by atoms with E-state index in [-0.39, 0.29) is 11.9 Å². The number of amides is 1. The van der Waals surface area contributed by atoms with E-state index in [1.807, 2.05) is 30.3 Å². The van der Waals surface area contributed by atoms with Gasteiger partial charge in [-0.25, -0.2) is 0 Å². The smallest absolute Gasteiger partial charge is 0.244 e. The van der Waals surface area contributed by atoms with E-state index in [9.17, 15) is 4.79 Å². The zero-order chi connectivity index (χ0) is 14.2. The number of nitrogens with zero attached hydrogens (tertiary/aromatic N) is 2. The predicted octanol–water partition coefficient (Wildman–Crippen LogP) is 2.47. The SMILES string of the molecule is N#CCCN(C(=O)C1CCCCCN1)c1ccccc1. The molecule has 0 radical (unpaired) electrons. The molecule has 0 bridgehead atoms. The number of carbonyl (C=O) groups is 1. The minimum Gasteiger partial charge on any atom is -0.310 e. The second kappa shape index (κ2) is 7.66. The van der Waals surface area contributed by atoms with Crippen molar-refractivity contribution in [3.8, 4) is 6.07 Å². The Kier molecular flexibility index (Phi) is 5.57. The summed E-state index contributed by atoms with van der Waals surface area (Å²) in [5.74, 6) is 0.0911. The average Bonchev–Trinajstić information content (AvgIpc) is 2.77. The molecule has 1 saturated heterocycles. The Morgan fingerprint density at radius 1 is 1.30 bits per heavy atom. The van der Waals surface area contributed by atoms with Crippen LogP contribution in [0.5, 0.6) is 0 Å². The van der Waals surface area contributed by atoms with Crippen molar-refractivity contribution in [3.05, 3.63) is 30.3 Å². The quantitative estimate of drug-likeness (QED) is 0.915. The first-order chi connectivity index (χ1) is 9.83. The minimum atomic E-state index is -0.114. The molecule has 1 atom stereocenters. The van der Waals surface area contributed by atoms with Gasteiger partial charge >= 0.3 is 0 Å². The van der Waals surface area contributed by atoms with Gasteiger partial charge in [-0.3, -0.25) is 4.79 Å². The Labute approximate surface area is 120 Å². The van der Waals surface area contributed by atoms with Crippen LogP contribution in [0.1, 0.15) is 32.1 Å². The number of benzene rings is 1. The molecule has 1 aliphatic rings. The average molecular weight is 271 g/mol. The number of carbonyl (C=O) groups excluding carboxylic acids is 1. The number of hydrogen-bond donors (Lipinski definition) is 1. The van der Waals surface area contributed by atoms with Crippen LogP contribution >= 0.6 is 0 Å². The predicted molar refractivity (Wildman–Crippen MR) is 79.3 cm³/mol. The van der Waals surface area contributed by atoms with Crippen molar-refractivity contribution in [2.24, 2.45) is 0 Å². The molecule has 1 N–H and O–H groups in total. The number of rotatable bonds is 4. The van der Waals surface area contributed by atoms with Crippen molar-refractivity contribution in [1.82, 2.24) is 5.32 Å². The Balaban J connectivity index is 2.13. The summed E-state index contributed by atoms with van der Waals surface area (Å²) in [6.07, 6.45) is 4.64. The first kappa shape index (κ1) is 14.5. The third-order valence-corrected chi connectivity index (χ3v) is 3.64. The second-order valence-corrected chi connectivity index (χ2v) is 5.09. The summed E-state index contributed by atoms with van der Waals surface area (Å²) in [7, 11) is 0. The zero-order valence-electron chi connectivity index (χ0n) is 11.7. The van der Waals surface area contributed by atoms with Crippen LogP contribution in [0.15, 0.2) is 30.3 Å². The lowest BCUT2D eigenvalue weighted by Crippen LogP contribution is -2.46. The van der Waals surface area contributed by atoms with E-state index < -0.39 is 0 Å². The van der Waals surface area contributed by atoms with E-state index in [4.69, 9.17) is 5.26 Å². The third-order valence-electron chi connectivity index (χ3n) is 3.64. The molecule has 1 unspecified atom stereocenters. The summed E-state index contributed by atoms with van der Waals surface area (Å²) in [4.78, 5) is 14.5. The third kappa shape index (κ3) is 3.82. The lowest BCUT2D eigenvalue weighted by Gasteiger charge is -2.26. The van der Waals surface area contributed by atoms with Crippen molar-refractivity contribution >= 4 is 11.6 Å². The van der Waals surface area contributed by atoms with Crippen LogP contribution in [0.3, 0.4) is 0 Å². The fourth-order valence-electron chi connectivity index (χ4n) is 2.56. The molecule has 4 heteroatoms. The van der Waals surface area contributed by atoms with Gasteiger partial charge in [0.05, 0.1) is 18.5 Å². The molecule has 1 fully saturated rings. The summed E-state index contributed by atoms with van der Waals surface area (Å²) >= 11 is 0. The van der Waals surface area contributed by atoms with Crippen molar-refractivity contribution in [2.75, 3.05) is 18.0 Å². The highest BCUT2D eigenvalue weighted by Crippen LogP contribution is 2.18. The molecule has 0 saturated carbocycles. The molecule has 1 aromatic carbocycles. The summed E-state index contributed by atoms with van der Waals surface area (Å²) in [5.41, 5.74) is 0.874. The molecule has 4 nitrogen and oxygen atoms in total. The van der Waals surface area contributed by atoms with Gasteiger partial charge in [-0.15, -0.1) is 0 Å². The summed E-state index contributed by atoms with van der Waals surface area (Å²) in [6.45, 7) is 1.36. The normalized spacial score (nSPS) is 18.9. The molecule has 106 valence electrons. The Morgan fingerprint density at radius 3 is 2.85 bits per heavy atom. The van der Waals surface area contributed by atoms with Crippen LogP contribution < -0.4 is 10.2 Å². The van der Waals surface area contributed by atoms with Gasteiger partial charge in [0.25, 0.3) is 0 Å². The van der Waals surface area contributed by atoms with Gasteiger partial charge in [0.1, 0.15) is 0 Å².